The highest BCUT2D eigenvalue weighted by Gasteiger charge is 2.10. The molecule has 122 valence electrons. The van der Waals surface area contributed by atoms with E-state index in [1.165, 1.54) is 9.13 Å². The van der Waals surface area contributed by atoms with Gasteiger partial charge in [-0.05, 0) is 85.3 Å². The van der Waals surface area contributed by atoms with Gasteiger partial charge < -0.3 is 9.67 Å². The van der Waals surface area contributed by atoms with Crippen molar-refractivity contribution in [2.75, 3.05) is 0 Å². The average molecular weight is 430 g/mol. The predicted molar refractivity (Wildman–Crippen MR) is 108 cm³/mol. The number of hydrogen-bond acceptors (Lipinski definition) is 2. The molecule has 4 heteroatoms. The van der Waals surface area contributed by atoms with Crippen LogP contribution in [0.15, 0.2) is 53.5 Å². The van der Waals surface area contributed by atoms with E-state index in [0.717, 1.165) is 22.6 Å². The number of aryl methyl sites for hydroxylation is 2. The molecule has 0 saturated carbocycles. The summed E-state index contributed by atoms with van der Waals surface area (Å²) in [5.74, 6) is 0.191. The third kappa shape index (κ3) is 3.24. The molecule has 0 bridgehead atoms. The SMILES string of the molecule is Cc1cc(-n2c(C)cc(C=Nc3ccccc3O)c2C)ccc1I. The van der Waals surface area contributed by atoms with Crippen LogP contribution >= 0.6 is 22.6 Å². The van der Waals surface area contributed by atoms with Crippen LogP contribution in [-0.2, 0) is 0 Å². The van der Waals surface area contributed by atoms with Gasteiger partial charge in [0.1, 0.15) is 11.4 Å². The molecule has 0 radical (unpaired) electrons. The van der Waals surface area contributed by atoms with Crippen LogP contribution in [0.4, 0.5) is 5.69 Å². The Balaban J connectivity index is 2.00. The van der Waals surface area contributed by atoms with Crippen LogP contribution in [0.2, 0.25) is 0 Å². The summed E-state index contributed by atoms with van der Waals surface area (Å²) in [6.07, 6.45) is 1.81. The molecule has 0 fully saturated rings. The second kappa shape index (κ2) is 6.81. The number of halogens is 1. The van der Waals surface area contributed by atoms with Gasteiger partial charge in [0.05, 0.1) is 0 Å². The van der Waals surface area contributed by atoms with E-state index < -0.39 is 0 Å². The Morgan fingerprint density at radius 3 is 2.50 bits per heavy atom. The van der Waals surface area contributed by atoms with Crippen molar-refractivity contribution in [1.82, 2.24) is 4.57 Å². The van der Waals surface area contributed by atoms with Gasteiger partial charge >= 0.3 is 0 Å². The van der Waals surface area contributed by atoms with Gasteiger partial charge in [-0.3, -0.25) is 4.99 Å². The minimum atomic E-state index is 0.191. The van der Waals surface area contributed by atoms with Crippen molar-refractivity contribution in [2.45, 2.75) is 20.8 Å². The Labute approximate surface area is 155 Å². The van der Waals surface area contributed by atoms with Crippen molar-refractivity contribution in [3.8, 4) is 11.4 Å². The topological polar surface area (TPSA) is 37.5 Å². The summed E-state index contributed by atoms with van der Waals surface area (Å²) in [6.45, 7) is 6.31. The van der Waals surface area contributed by atoms with Crippen molar-refractivity contribution < 1.29 is 5.11 Å². The number of benzene rings is 2. The lowest BCUT2D eigenvalue weighted by molar-refractivity contribution is 0.477. The number of phenolic OH excluding ortho intramolecular Hbond substituents is 1. The molecule has 1 aromatic heterocycles. The van der Waals surface area contributed by atoms with Gasteiger partial charge in [-0.15, -0.1) is 0 Å². The molecule has 0 atom stereocenters. The maximum atomic E-state index is 9.83. The van der Waals surface area contributed by atoms with Gasteiger partial charge in [0, 0.05) is 32.4 Å². The molecule has 0 unspecified atom stereocenters. The summed E-state index contributed by atoms with van der Waals surface area (Å²) < 4.78 is 3.50. The van der Waals surface area contributed by atoms with Gasteiger partial charge in [0.25, 0.3) is 0 Å². The van der Waals surface area contributed by atoms with E-state index in [2.05, 4.69) is 77.2 Å². The zero-order valence-corrected chi connectivity index (χ0v) is 16.1. The van der Waals surface area contributed by atoms with Gasteiger partial charge in [0.2, 0.25) is 0 Å². The number of aromatic nitrogens is 1. The smallest absolute Gasteiger partial charge is 0.141 e. The third-order valence-corrected chi connectivity index (χ3v) is 5.30. The molecule has 0 aliphatic heterocycles. The number of rotatable bonds is 3. The van der Waals surface area contributed by atoms with Crippen molar-refractivity contribution >= 4 is 34.5 Å². The number of aromatic hydroxyl groups is 1. The minimum absolute atomic E-state index is 0.191. The molecule has 0 amide bonds. The first-order valence-corrected chi connectivity index (χ1v) is 8.83. The molecule has 1 N–H and O–H groups in total. The fraction of sp³-hybridized carbons (Fsp3) is 0.150. The maximum absolute atomic E-state index is 9.83. The van der Waals surface area contributed by atoms with Gasteiger partial charge in [-0.1, -0.05) is 12.1 Å². The van der Waals surface area contributed by atoms with Gasteiger partial charge in [0.15, 0.2) is 0 Å². The average Bonchev–Trinajstić information content (AvgIpc) is 2.83. The van der Waals surface area contributed by atoms with Crippen LogP contribution in [0.1, 0.15) is 22.5 Å². The van der Waals surface area contributed by atoms with Gasteiger partial charge in [-0.2, -0.15) is 0 Å². The van der Waals surface area contributed by atoms with Crippen LogP contribution < -0.4 is 0 Å². The standard InChI is InChI=1S/C20H19IN2O/c1-13-10-17(8-9-18(13)21)23-14(2)11-16(15(23)3)12-22-19-6-4-5-7-20(19)24/h4-12,24H,1-3H3. The zero-order valence-electron chi connectivity index (χ0n) is 13.9. The second-order valence-corrected chi connectivity index (χ2v) is 7.00. The minimum Gasteiger partial charge on any atom is -0.506 e. The molecule has 0 aliphatic rings. The predicted octanol–water partition coefficient (Wildman–Crippen LogP) is 5.46. The van der Waals surface area contributed by atoms with E-state index in [1.54, 1.807) is 18.2 Å². The molecule has 3 nitrogen and oxygen atoms in total. The molecular formula is C20H19IN2O. The molecule has 0 saturated heterocycles. The summed E-state index contributed by atoms with van der Waals surface area (Å²) in [4.78, 5) is 4.43. The Hall–Kier alpha value is -2.08. The number of hydrogen-bond donors (Lipinski definition) is 1. The lowest BCUT2D eigenvalue weighted by Gasteiger charge is -2.11. The molecule has 1 heterocycles. The normalized spacial score (nSPS) is 11.3. The molecule has 3 rings (SSSR count). The highest BCUT2D eigenvalue weighted by molar-refractivity contribution is 14.1. The first kappa shape index (κ1) is 16.8. The van der Waals surface area contributed by atoms with Crippen LogP contribution in [0, 0.1) is 24.3 Å². The Morgan fingerprint density at radius 1 is 1.04 bits per heavy atom. The molecule has 0 spiro atoms. The number of para-hydroxylation sites is 2. The van der Waals surface area contributed by atoms with Crippen LogP contribution in [0.5, 0.6) is 5.75 Å². The Bertz CT molecular complexity index is 925. The summed E-state index contributed by atoms with van der Waals surface area (Å²) in [5.41, 5.74) is 6.34. The third-order valence-electron chi connectivity index (χ3n) is 4.09. The van der Waals surface area contributed by atoms with Crippen LogP contribution in [-0.4, -0.2) is 15.9 Å². The number of nitrogens with zero attached hydrogens (tertiary/aromatic N) is 2. The zero-order chi connectivity index (χ0) is 17.3. The van der Waals surface area contributed by atoms with Gasteiger partial charge in [-0.25, -0.2) is 0 Å². The van der Waals surface area contributed by atoms with E-state index in [0.29, 0.717) is 5.69 Å². The fourth-order valence-electron chi connectivity index (χ4n) is 2.80. The number of aliphatic imine (C=N–C) groups is 1. The largest absolute Gasteiger partial charge is 0.506 e. The monoisotopic (exact) mass is 430 g/mol. The highest BCUT2D eigenvalue weighted by atomic mass is 127. The molecule has 2 aromatic carbocycles. The molecular weight excluding hydrogens is 411 g/mol. The summed E-state index contributed by atoms with van der Waals surface area (Å²) in [5, 5.41) is 9.83. The Morgan fingerprint density at radius 2 is 1.79 bits per heavy atom. The van der Waals surface area contributed by atoms with Crippen LogP contribution in [0.25, 0.3) is 5.69 Å². The first-order chi connectivity index (χ1) is 11.5. The van der Waals surface area contributed by atoms with E-state index >= 15 is 0 Å². The van der Waals surface area contributed by atoms with E-state index in [1.807, 2.05) is 12.3 Å². The van der Waals surface area contributed by atoms with E-state index in [4.69, 9.17) is 0 Å². The second-order valence-electron chi connectivity index (χ2n) is 5.84. The first-order valence-electron chi connectivity index (χ1n) is 7.75. The van der Waals surface area contributed by atoms with Crippen molar-refractivity contribution in [1.29, 1.82) is 0 Å². The summed E-state index contributed by atoms with van der Waals surface area (Å²) in [7, 11) is 0. The molecule has 24 heavy (non-hydrogen) atoms. The lowest BCUT2D eigenvalue weighted by atomic mass is 10.2. The Kier molecular flexibility index (Phi) is 4.76. The molecule has 0 aliphatic carbocycles. The quantitative estimate of drug-likeness (QED) is 0.435. The summed E-state index contributed by atoms with van der Waals surface area (Å²) >= 11 is 2.35. The van der Waals surface area contributed by atoms with Crippen LogP contribution in [0.3, 0.4) is 0 Å². The fourth-order valence-corrected chi connectivity index (χ4v) is 3.13. The van der Waals surface area contributed by atoms with Crippen molar-refractivity contribution in [2.24, 2.45) is 4.99 Å². The highest BCUT2D eigenvalue weighted by Crippen LogP contribution is 2.26. The van der Waals surface area contributed by atoms with E-state index in [-0.39, 0.29) is 5.75 Å². The van der Waals surface area contributed by atoms with Crippen molar-refractivity contribution in [3.63, 3.8) is 0 Å². The number of phenols is 1. The van der Waals surface area contributed by atoms with E-state index in [9.17, 15) is 5.11 Å². The summed E-state index contributed by atoms with van der Waals surface area (Å²) in [6, 6.07) is 15.7. The maximum Gasteiger partial charge on any atom is 0.141 e. The molecule has 3 aromatic rings. The van der Waals surface area contributed by atoms with Crippen molar-refractivity contribution in [3.05, 3.63) is 74.6 Å². The lowest BCUT2D eigenvalue weighted by Crippen LogP contribution is -2.00.